The van der Waals surface area contributed by atoms with E-state index in [1.807, 2.05) is 66.2 Å². The number of carboxylic acids is 1. The van der Waals surface area contributed by atoms with Crippen LogP contribution in [0.1, 0.15) is 27.2 Å². The van der Waals surface area contributed by atoms with Gasteiger partial charge in [-0.05, 0) is 42.8 Å². The first-order chi connectivity index (χ1) is 16.3. The molecule has 8 heteroatoms. The number of nitrogens with zero attached hydrogens (tertiary/aromatic N) is 2. The maximum absolute atomic E-state index is 12.5. The SMILES string of the molecule is Cc1nn(Cc2ccc(NC(=O)c3ccc(Cl)c(Cl)c3)cc2)c(-c2ccccc2)c1CC(=O)O. The Bertz CT molecular complexity index is 1350. The number of hydrogen-bond acceptors (Lipinski definition) is 3. The maximum atomic E-state index is 12.5. The molecule has 0 spiro atoms. The van der Waals surface area contributed by atoms with Gasteiger partial charge >= 0.3 is 5.97 Å². The molecule has 0 unspecified atom stereocenters. The lowest BCUT2D eigenvalue weighted by Crippen LogP contribution is -2.12. The number of hydrogen-bond donors (Lipinski definition) is 2. The summed E-state index contributed by atoms with van der Waals surface area (Å²) in [5.74, 6) is -1.19. The van der Waals surface area contributed by atoms with Crippen molar-refractivity contribution < 1.29 is 14.7 Å². The first-order valence-electron chi connectivity index (χ1n) is 10.5. The van der Waals surface area contributed by atoms with Crippen LogP contribution in [0.25, 0.3) is 11.3 Å². The standard InChI is InChI=1S/C26H21Cl2N3O3/c1-16-21(14-24(32)33)25(18-5-3-2-4-6-18)31(30-16)15-17-7-10-20(11-8-17)29-26(34)19-9-12-22(27)23(28)13-19/h2-13H,14-15H2,1H3,(H,29,34)(H,32,33). The van der Waals surface area contributed by atoms with Crippen LogP contribution in [0.15, 0.2) is 72.8 Å². The summed E-state index contributed by atoms with van der Waals surface area (Å²) >= 11 is 11.9. The Morgan fingerprint density at radius 3 is 2.32 bits per heavy atom. The summed E-state index contributed by atoms with van der Waals surface area (Å²) in [6.07, 6.45) is -0.101. The van der Waals surface area contributed by atoms with Crippen molar-refractivity contribution in [3.63, 3.8) is 0 Å². The molecule has 1 amide bonds. The highest BCUT2D eigenvalue weighted by atomic mass is 35.5. The molecule has 0 aliphatic carbocycles. The topological polar surface area (TPSA) is 84.2 Å². The van der Waals surface area contributed by atoms with Gasteiger partial charge in [0.15, 0.2) is 0 Å². The van der Waals surface area contributed by atoms with Crippen molar-refractivity contribution in [2.45, 2.75) is 19.9 Å². The molecule has 6 nitrogen and oxygen atoms in total. The number of nitrogens with one attached hydrogen (secondary N) is 1. The molecule has 1 heterocycles. The van der Waals surface area contributed by atoms with E-state index in [4.69, 9.17) is 23.2 Å². The lowest BCUT2D eigenvalue weighted by Gasteiger charge is -2.11. The Hall–Kier alpha value is -3.61. The molecule has 0 aliphatic heterocycles. The molecule has 3 aromatic carbocycles. The molecule has 2 N–H and O–H groups in total. The van der Waals surface area contributed by atoms with E-state index in [-0.39, 0.29) is 12.3 Å². The van der Waals surface area contributed by atoms with Gasteiger partial charge in [-0.2, -0.15) is 5.10 Å². The minimum Gasteiger partial charge on any atom is -0.481 e. The van der Waals surface area contributed by atoms with Gasteiger partial charge in [0, 0.05) is 22.4 Å². The summed E-state index contributed by atoms with van der Waals surface area (Å²) < 4.78 is 1.83. The number of aromatic nitrogens is 2. The number of anilines is 1. The van der Waals surface area contributed by atoms with E-state index < -0.39 is 5.97 Å². The summed E-state index contributed by atoms with van der Waals surface area (Å²) in [6.45, 7) is 2.27. The minimum atomic E-state index is -0.901. The third-order valence-electron chi connectivity index (χ3n) is 5.35. The highest BCUT2D eigenvalue weighted by Crippen LogP contribution is 2.28. The predicted octanol–water partition coefficient (Wildman–Crippen LogP) is 6.09. The van der Waals surface area contributed by atoms with E-state index in [9.17, 15) is 14.7 Å². The highest BCUT2D eigenvalue weighted by molar-refractivity contribution is 6.42. The number of halogens is 2. The molecule has 0 saturated heterocycles. The maximum Gasteiger partial charge on any atom is 0.307 e. The third kappa shape index (κ3) is 5.30. The fraction of sp³-hybridized carbons (Fsp3) is 0.115. The van der Waals surface area contributed by atoms with Crippen LogP contribution in [0.2, 0.25) is 10.0 Å². The van der Waals surface area contributed by atoms with Crippen LogP contribution in [0.5, 0.6) is 0 Å². The molecule has 1 aromatic heterocycles. The number of carboxylic acid groups (broad SMARTS) is 1. The first-order valence-corrected chi connectivity index (χ1v) is 11.3. The molecule has 0 aliphatic rings. The van der Waals surface area contributed by atoms with Gasteiger partial charge in [-0.3, -0.25) is 14.3 Å². The Morgan fingerprint density at radius 2 is 1.68 bits per heavy atom. The Labute approximate surface area is 206 Å². The number of amides is 1. The van der Waals surface area contributed by atoms with Crippen molar-refractivity contribution in [3.8, 4) is 11.3 Å². The van der Waals surface area contributed by atoms with Crippen LogP contribution >= 0.6 is 23.2 Å². The summed E-state index contributed by atoms with van der Waals surface area (Å²) in [5.41, 5.74) is 5.07. The van der Waals surface area contributed by atoms with Crippen LogP contribution < -0.4 is 5.32 Å². The average Bonchev–Trinajstić information content (AvgIpc) is 3.11. The van der Waals surface area contributed by atoms with Crippen molar-refractivity contribution >= 4 is 40.8 Å². The monoisotopic (exact) mass is 493 g/mol. The molecule has 172 valence electrons. The van der Waals surface area contributed by atoms with Crippen molar-refractivity contribution in [3.05, 3.63) is 105 Å². The smallest absolute Gasteiger partial charge is 0.307 e. The van der Waals surface area contributed by atoms with Crippen molar-refractivity contribution in [2.75, 3.05) is 5.32 Å². The van der Waals surface area contributed by atoms with E-state index in [1.54, 1.807) is 12.1 Å². The van der Waals surface area contributed by atoms with E-state index in [2.05, 4.69) is 10.4 Å². The van der Waals surface area contributed by atoms with Gasteiger partial charge in [0.2, 0.25) is 0 Å². The number of benzene rings is 3. The van der Waals surface area contributed by atoms with Gasteiger partial charge in [-0.25, -0.2) is 0 Å². The molecule has 0 saturated carbocycles. The van der Waals surface area contributed by atoms with E-state index >= 15 is 0 Å². The minimum absolute atomic E-state index is 0.101. The van der Waals surface area contributed by atoms with Gasteiger partial charge in [-0.15, -0.1) is 0 Å². The Kier molecular flexibility index (Phi) is 7.01. The molecule has 0 bridgehead atoms. The number of aliphatic carboxylic acids is 1. The van der Waals surface area contributed by atoms with Crippen LogP contribution in [-0.2, 0) is 17.8 Å². The molecular weight excluding hydrogens is 473 g/mol. The highest BCUT2D eigenvalue weighted by Gasteiger charge is 2.19. The Balaban J connectivity index is 1.56. The van der Waals surface area contributed by atoms with E-state index in [0.29, 0.717) is 39.1 Å². The third-order valence-corrected chi connectivity index (χ3v) is 6.09. The summed E-state index contributed by atoms with van der Waals surface area (Å²) in [6, 6.07) is 21.7. The van der Waals surface area contributed by atoms with Crippen molar-refractivity contribution in [1.82, 2.24) is 9.78 Å². The summed E-state index contributed by atoms with van der Waals surface area (Å²) in [5, 5.41) is 17.6. The van der Waals surface area contributed by atoms with Crippen LogP contribution in [0.3, 0.4) is 0 Å². The second-order valence-corrected chi connectivity index (χ2v) is 8.60. The number of carbonyl (C=O) groups excluding carboxylic acids is 1. The number of carbonyl (C=O) groups is 2. The van der Waals surface area contributed by atoms with Crippen LogP contribution in [0.4, 0.5) is 5.69 Å². The average molecular weight is 494 g/mol. The zero-order valence-electron chi connectivity index (χ0n) is 18.3. The van der Waals surface area contributed by atoms with E-state index in [0.717, 1.165) is 16.8 Å². The lowest BCUT2D eigenvalue weighted by atomic mass is 10.0. The molecule has 0 radical (unpaired) electrons. The Morgan fingerprint density at radius 1 is 0.971 bits per heavy atom. The van der Waals surface area contributed by atoms with Gasteiger partial charge < -0.3 is 10.4 Å². The van der Waals surface area contributed by atoms with E-state index in [1.165, 1.54) is 6.07 Å². The fourth-order valence-electron chi connectivity index (χ4n) is 3.72. The fourth-order valence-corrected chi connectivity index (χ4v) is 4.02. The molecule has 4 aromatic rings. The molecule has 34 heavy (non-hydrogen) atoms. The zero-order valence-corrected chi connectivity index (χ0v) is 19.8. The molecular formula is C26H21Cl2N3O3. The quantitative estimate of drug-likeness (QED) is 0.326. The summed E-state index contributed by atoms with van der Waals surface area (Å²) in [7, 11) is 0. The largest absolute Gasteiger partial charge is 0.481 e. The van der Waals surface area contributed by atoms with Gasteiger partial charge in [0.05, 0.1) is 34.4 Å². The second kappa shape index (κ2) is 10.1. The van der Waals surface area contributed by atoms with Crippen molar-refractivity contribution in [2.24, 2.45) is 0 Å². The lowest BCUT2D eigenvalue weighted by molar-refractivity contribution is -0.136. The van der Waals surface area contributed by atoms with Crippen molar-refractivity contribution in [1.29, 1.82) is 0 Å². The number of rotatable bonds is 7. The van der Waals surface area contributed by atoms with Crippen LogP contribution in [0, 0.1) is 6.92 Å². The van der Waals surface area contributed by atoms with Gasteiger partial charge in [0.25, 0.3) is 5.91 Å². The van der Waals surface area contributed by atoms with Gasteiger partial charge in [0.1, 0.15) is 0 Å². The normalized spacial score (nSPS) is 10.8. The molecule has 0 fully saturated rings. The zero-order chi connectivity index (χ0) is 24.2. The second-order valence-electron chi connectivity index (χ2n) is 7.79. The number of aryl methyl sites for hydroxylation is 1. The first kappa shape index (κ1) is 23.5. The molecule has 4 rings (SSSR count). The predicted molar refractivity (Wildman–Crippen MR) is 134 cm³/mol. The molecule has 0 atom stereocenters. The van der Waals surface area contributed by atoms with Gasteiger partial charge in [-0.1, -0.05) is 65.7 Å². The van der Waals surface area contributed by atoms with Crippen LogP contribution in [-0.4, -0.2) is 26.8 Å². The summed E-state index contributed by atoms with van der Waals surface area (Å²) in [4.78, 5) is 24.0.